The Morgan fingerprint density at radius 3 is 2.14 bits per heavy atom. The van der Waals surface area contributed by atoms with Gasteiger partial charge in [-0.3, -0.25) is 4.57 Å². The van der Waals surface area contributed by atoms with E-state index in [2.05, 4.69) is 5.09 Å². The summed E-state index contributed by atoms with van der Waals surface area (Å²) in [6, 6.07) is 8.50. The van der Waals surface area contributed by atoms with Crippen molar-refractivity contribution in [1.82, 2.24) is 5.09 Å². The summed E-state index contributed by atoms with van der Waals surface area (Å²) in [4.78, 5) is 0. The summed E-state index contributed by atoms with van der Waals surface area (Å²) >= 11 is 0. The van der Waals surface area contributed by atoms with Gasteiger partial charge < -0.3 is 14.4 Å². The minimum Gasteiger partial charge on any atom is -0.432 e. The van der Waals surface area contributed by atoms with E-state index in [1.165, 1.54) is 0 Å². The average Bonchev–Trinajstić information content (AvgIpc) is 2.38. The van der Waals surface area contributed by atoms with Crippen LogP contribution in [0.25, 0.3) is 0 Å². The van der Waals surface area contributed by atoms with Gasteiger partial charge in [-0.1, -0.05) is 32.0 Å². The number of hydrogen-bond donors (Lipinski definition) is 2. The van der Waals surface area contributed by atoms with Gasteiger partial charge in [-0.15, -0.1) is 0 Å². The molecule has 0 aliphatic heterocycles. The van der Waals surface area contributed by atoms with Gasteiger partial charge in [-0.05, 0) is 32.9 Å². The molecule has 0 aromatic heterocycles. The Balaban J connectivity index is 2.79. The highest BCUT2D eigenvalue weighted by Gasteiger charge is 2.33. The predicted molar refractivity (Wildman–Crippen MR) is 84.6 cm³/mol. The molecule has 2 unspecified atom stereocenters. The maximum Gasteiger partial charge on any atom is 0.319 e. The van der Waals surface area contributed by atoms with Crippen LogP contribution in [0.5, 0.6) is 5.75 Å². The zero-order valence-electron chi connectivity index (χ0n) is 13.3. The van der Waals surface area contributed by atoms with Crippen LogP contribution in [0.1, 0.15) is 34.6 Å². The smallest absolute Gasteiger partial charge is 0.319 e. The molecule has 3 atom stereocenters. The van der Waals surface area contributed by atoms with Crippen LogP contribution in [0.4, 0.5) is 0 Å². The molecule has 2 N–H and O–H groups in total. The van der Waals surface area contributed by atoms with Crippen LogP contribution >= 0.6 is 7.52 Å². The SMILES string of the molecule is CC(C)OC(O)[C@H](C)NP(=O)(Oc1ccccc1)C(C)C. The molecule has 6 heteroatoms. The second-order valence-corrected chi connectivity index (χ2v) is 8.26. The standard InChI is InChI=1S/C15H26NO4P/c1-11(2)19-15(17)13(5)16-21(18,12(3)4)20-14-9-7-6-8-10-14/h6-13,15,17H,1-5H3,(H,16,18)/t13-,15?,21?/m0/s1. The summed E-state index contributed by atoms with van der Waals surface area (Å²) in [5.74, 6) is 0.536. The predicted octanol–water partition coefficient (Wildman–Crippen LogP) is 3.39. The van der Waals surface area contributed by atoms with Crippen LogP contribution in [0.15, 0.2) is 30.3 Å². The Hall–Kier alpha value is -0.870. The molecule has 0 heterocycles. The fourth-order valence-corrected chi connectivity index (χ4v) is 3.35. The van der Waals surface area contributed by atoms with Crippen LogP contribution in [0.3, 0.4) is 0 Å². The first kappa shape index (κ1) is 18.2. The third-order valence-electron chi connectivity index (χ3n) is 2.89. The van der Waals surface area contributed by atoms with Gasteiger partial charge in [0.1, 0.15) is 5.75 Å². The topological polar surface area (TPSA) is 67.8 Å². The van der Waals surface area contributed by atoms with Crippen molar-refractivity contribution >= 4 is 7.52 Å². The molecular formula is C15H26NO4P. The number of para-hydroxylation sites is 1. The molecule has 5 nitrogen and oxygen atoms in total. The molecule has 0 saturated carbocycles. The molecule has 21 heavy (non-hydrogen) atoms. The van der Waals surface area contributed by atoms with Crippen LogP contribution in [0.2, 0.25) is 0 Å². The van der Waals surface area contributed by atoms with Crippen LogP contribution < -0.4 is 9.61 Å². The molecular weight excluding hydrogens is 289 g/mol. The highest BCUT2D eigenvalue weighted by atomic mass is 31.2. The van der Waals surface area contributed by atoms with E-state index in [0.717, 1.165) is 0 Å². The van der Waals surface area contributed by atoms with Gasteiger partial charge in [0.15, 0.2) is 6.29 Å². The number of ether oxygens (including phenoxy) is 1. The van der Waals surface area contributed by atoms with Crippen molar-refractivity contribution in [2.75, 3.05) is 0 Å². The lowest BCUT2D eigenvalue weighted by Gasteiger charge is -2.29. The minimum atomic E-state index is -3.16. The van der Waals surface area contributed by atoms with Crippen molar-refractivity contribution in [3.05, 3.63) is 30.3 Å². The average molecular weight is 315 g/mol. The molecule has 0 spiro atoms. The molecule has 0 saturated heterocycles. The highest BCUT2D eigenvalue weighted by Crippen LogP contribution is 2.48. The van der Waals surface area contributed by atoms with Crippen molar-refractivity contribution < 1.29 is 18.9 Å². The van der Waals surface area contributed by atoms with Crippen LogP contribution in [-0.4, -0.2) is 29.2 Å². The molecule has 1 aromatic rings. The molecule has 0 fully saturated rings. The second kappa shape index (κ2) is 7.95. The summed E-state index contributed by atoms with van der Waals surface area (Å²) in [7, 11) is -3.16. The summed E-state index contributed by atoms with van der Waals surface area (Å²) in [6.45, 7) is 9.02. The molecule has 0 aliphatic rings. The Morgan fingerprint density at radius 1 is 1.10 bits per heavy atom. The number of aliphatic hydroxyl groups is 1. The highest BCUT2D eigenvalue weighted by molar-refractivity contribution is 7.58. The third-order valence-corrected chi connectivity index (χ3v) is 5.50. The number of benzene rings is 1. The molecule has 0 amide bonds. The first-order chi connectivity index (χ1) is 9.74. The lowest BCUT2D eigenvalue weighted by Crippen LogP contribution is -2.40. The van der Waals surface area contributed by atoms with Gasteiger partial charge in [-0.25, -0.2) is 5.09 Å². The van der Waals surface area contributed by atoms with Crippen molar-refractivity contribution in [2.45, 2.75) is 58.7 Å². The van der Waals surface area contributed by atoms with Gasteiger partial charge >= 0.3 is 7.52 Å². The zero-order valence-corrected chi connectivity index (χ0v) is 14.2. The lowest BCUT2D eigenvalue weighted by molar-refractivity contribution is -0.137. The Morgan fingerprint density at radius 2 is 1.67 bits per heavy atom. The van der Waals surface area contributed by atoms with E-state index < -0.39 is 19.9 Å². The number of rotatable bonds is 8. The van der Waals surface area contributed by atoms with Crippen LogP contribution in [0, 0.1) is 0 Å². The maximum atomic E-state index is 13.0. The fraction of sp³-hybridized carbons (Fsp3) is 0.600. The fourth-order valence-electron chi connectivity index (χ4n) is 1.66. The van der Waals surface area contributed by atoms with Gasteiger partial charge in [0.2, 0.25) is 0 Å². The van der Waals surface area contributed by atoms with Gasteiger partial charge in [0, 0.05) is 0 Å². The molecule has 1 aromatic carbocycles. The maximum absolute atomic E-state index is 13.0. The van der Waals surface area contributed by atoms with Gasteiger partial charge in [-0.2, -0.15) is 0 Å². The number of aliphatic hydroxyl groups excluding tert-OH is 1. The monoisotopic (exact) mass is 315 g/mol. The first-order valence-electron chi connectivity index (χ1n) is 7.20. The molecule has 0 bridgehead atoms. The van der Waals surface area contributed by atoms with E-state index in [1.807, 2.05) is 45.9 Å². The largest absolute Gasteiger partial charge is 0.432 e. The summed E-state index contributed by atoms with van der Waals surface area (Å²) in [5, 5.41) is 12.8. The number of hydrogen-bond acceptors (Lipinski definition) is 4. The molecule has 0 radical (unpaired) electrons. The number of nitrogens with one attached hydrogen (secondary N) is 1. The van der Waals surface area contributed by atoms with Crippen molar-refractivity contribution in [2.24, 2.45) is 0 Å². The third kappa shape index (κ3) is 5.79. The summed E-state index contributed by atoms with van der Waals surface area (Å²) in [5.41, 5.74) is -0.230. The van der Waals surface area contributed by atoms with E-state index in [9.17, 15) is 9.67 Å². The van der Waals surface area contributed by atoms with E-state index in [4.69, 9.17) is 9.26 Å². The van der Waals surface area contributed by atoms with E-state index in [-0.39, 0.29) is 11.8 Å². The summed E-state index contributed by atoms with van der Waals surface area (Å²) in [6.07, 6.45) is -1.16. The molecule has 1 rings (SSSR count). The Labute approximate surface area is 127 Å². The van der Waals surface area contributed by atoms with Crippen molar-refractivity contribution in [1.29, 1.82) is 0 Å². The second-order valence-electron chi connectivity index (χ2n) is 5.59. The minimum absolute atomic E-state index is 0.113. The quantitative estimate of drug-likeness (QED) is 0.568. The Bertz CT molecular complexity index is 464. The van der Waals surface area contributed by atoms with E-state index in [1.54, 1.807) is 19.1 Å². The van der Waals surface area contributed by atoms with E-state index in [0.29, 0.717) is 5.75 Å². The van der Waals surface area contributed by atoms with Crippen molar-refractivity contribution in [3.63, 3.8) is 0 Å². The summed E-state index contributed by atoms with van der Waals surface area (Å²) < 4.78 is 24.0. The zero-order chi connectivity index (χ0) is 16.0. The van der Waals surface area contributed by atoms with E-state index >= 15 is 0 Å². The lowest BCUT2D eigenvalue weighted by atomic mass is 10.3. The Kier molecular flexibility index (Phi) is 6.88. The normalized spacial score (nSPS) is 17.5. The van der Waals surface area contributed by atoms with Gasteiger partial charge in [0.25, 0.3) is 0 Å². The molecule has 120 valence electrons. The van der Waals surface area contributed by atoms with Gasteiger partial charge in [0.05, 0.1) is 17.8 Å². The van der Waals surface area contributed by atoms with Crippen molar-refractivity contribution in [3.8, 4) is 5.75 Å². The van der Waals surface area contributed by atoms with Crippen LogP contribution in [-0.2, 0) is 9.30 Å². The molecule has 0 aliphatic carbocycles. The first-order valence-corrected chi connectivity index (χ1v) is 8.89.